The fourth-order valence-electron chi connectivity index (χ4n) is 5.12. The molecule has 4 heterocycles. The van der Waals surface area contributed by atoms with Crippen molar-refractivity contribution in [3.05, 3.63) is 57.8 Å². The van der Waals surface area contributed by atoms with E-state index in [0.717, 1.165) is 10.4 Å². The van der Waals surface area contributed by atoms with Crippen LogP contribution in [-0.2, 0) is 19.0 Å². The molecule has 5 rings (SSSR count). The van der Waals surface area contributed by atoms with Crippen molar-refractivity contribution in [3.63, 3.8) is 0 Å². The second-order valence-corrected chi connectivity index (χ2v) is 9.43. The molecular formula is C24H28N2O5S. The zero-order valence-electron chi connectivity index (χ0n) is 18.2. The van der Waals surface area contributed by atoms with E-state index in [1.54, 1.807) is 18.4 Å². The summed E-state index contributed by atoms with van der Waals surface area (Å²) in [6.45, 7) is 3.24. The number of piperidine rings is 1. The summed E-state index contributed by atoms with van der Waals surface area (Å²) in [7, 11) is 1.63. The number of ether oxygens (including phenoxy) is 3. The molecule has 8 heteroatoms. The van der Waals surface area contributed by atoms with Crippen LogP contribution in [0.2, 0.25) is 0 Å². The summed E-state index contributed by atoms with van der Waals surface area (Å²) in [4.78, 5) is 32.2. The molecule has 0 N–H and O–H groups in total. The largest absolute Gasteiger partial charge is 0.383 e. The van der Waals surface area contributed by atoms with E-state index in [1.807, 2.05) is 51.6 Å². The summed E-state index contributed by atoms with van der Waals surface area (Å²) in [6.07, 6.45) is 1.34. The first kappa shape index (κ1) is 21.6. The molecule has 1 aromatic carbocycles. The lowest BCUT2D eigenvalue weighted by Crippen LogP contribution is -2.52. The molecule has 0 unspecified atom stereocenters. The maximum Gasteiger partial charge on any atom is 0.254 e. The number of methoxy groups -OCH3 is 1. The Labute approximate surface area is 191 Å². The number of fused-ring (bicyclic) bond motifs is 1. The summed E-state index contributed by atoms with van der Waals surface area (Å²) in [5.41, 5.74) is 1.41. The Morgan fingerprint density at radius 2 is 1.91 bits per heavy atom. The Bertz CT molecular complexity index is 963. The van der Waals surface area contributed by atoms with Crippen LogP contribution in [0, 0.1) is 0 Å². The van der Waals surface area contributed by atoms with Crippen LogP contribution >= 0.6 is 11.3 Å². The standard InChI is InChI=1S/C24H28N2O5S/c1-29-13-12-26-21(19-7-4-16-32-19)20(17-5-2-3-6-18(17)22(26)27)23(28)25-10-8-24(9-11-25)30-14-15-31-24/h2-7,16,20-21H,8-15H2,1H3/t20-,21+/m1/s1. The summed E-state index contributed by atoms with van der Waals surface area (Å²) in [5.74, 6) is -0.988. The van der Waals surface area contributed by atoms with Crippen LogP contribution in [-0.4, -0.2) is 74.0 Å². The highest BCUT2D eigenvalue weighted by atomic mass is 32.1. The van der Waals surface area contributed by atoms with Crippen molar-refractivity contribution >= 4 is 23.2 Å². The molecule has 3 aliphatic heterocycles. The molecule has 2 amide bonds. The number of benzene rings is 1. The number of amides is 2. The van der Waals surface area contributed by atoms with E-state index >= 15 is 0 Å². The van der Waals surface area contributed by atoms with E-state index in [1.165, 1.54) is 0 Å². The van der Waals surface area contributed by atoms with Crippen LogP contribution in [0.3, 0.4) is 0 Å². The molecule has 1 spiro atoms. The number of carbonyl (C=O) groups excluding carboxylic acids is 2. The molecule has 3 aliphatic rings. The highest BCUT2D eigenvalue weighted by Gasteiger charge is 2.48. The van der Waals surface area contributed by atoms with Crippen molar-refractivity contribution in [2.45, 2.75) is 30.6 Å². The lowest BCUT2D eigenvalue weighted by atomic mass is 9.80. The molecule has 0 aliphatic carbocycles. The molecule has 2 aromatic rings. The van der Waals surface area contributed by atoms with Crippen LogP contribution < -0.4 is 0 Å². The van der Waals surface area contributed by atoms with E-state index < -0.39 is 11.7 Å². The van der Waals surface area contributed by atoms with Crippen molar-refractivity contribution in [1.29, 1.82) is 0 Å². The van der Waals surface area contributed by atoms with Gasteiger partial charge in [0.15, 0.2) is 5.79 Å². The van der Waals surface area contributed by atoms with Crippen LogP contribution in [0.5, 0.6) is 0 Å². The van der Waals surface area contributed by atoms with Crippen LogP contribution in [0.25, 0.3) is 0 Å². The number of hydrogen-bond donors (Lipinski definition) is 0. The number of nitrogens with zero attached hydrogens (tertiary/aromatic N) is 2. The highest BCUT2D eigenvalue weighted by Crippen LogP contribution is 2.45. The van der Waals surface area contributed by atoms with Gasteiger partial charge in [-0.15, -0.1) is 11.3 Å². The van der Waals surface area contributed by atoms with Crippen molar-refractivity contribution in [3.8, 4) is 0 Å². The first-order valence-corrected chi connectivity index (χ1v) is 12.0. The van der Waals surface area contributed by atoms with Crippen LogP contribution in [0.4, 0.5) is 0 Å². The lowest BCUT2D eigenvalue weighted by molar-refractivity contribution is -0.188. The van der Waals surface area contributed by atoms with Gasteiger partial charge < -0.3 is 24.0 Å². The Kier molecular flexibility index (Phi) is 6.03. The number of hydrogen-bond acceptors (Lipinski definition) is 6. The second-order valence-electron chi connectivity index (χ2n) is 8.45. The lowest BCUT2D eigenvalue weighted by Gasteiger charge is -2.44. The molecule has 2 atom stereocenters. The monoisotopic (exact) mass is 456 g/mol. The normalized spacial score (nSPS) is 24.7. The Hall–Kier alpha value is -2.26. The van der Waals surface area contributed by atoms with Gasteiger partial charge in [-0.05, 0) is 23.1 Å². The third-order valence-electron chi connectivity index (χ3n) is 6.73. The van der Waals surface area contributed by atoms with Crippen molar-refractivity contribution in [2.75, 3.05) is 46.6 Å². The molecule has 7 nitrogen and oxygen atoms in total. The van der Waals surface area contributed by atoms with Crippen molar-refractivity contribution in [1.82, 2.24) is 9.80 Å². The molecule has 0 saturated carbocycles. The number of rotatable bonds is 5. The summed E-state index contributed by atoms with van der Waals surface area (Å²) < 4.78 is 17.0. The highest BCUT2D eigenvalue weighted by molar-refractivity contribution is 7.10. The zero-order chi connectivity index (χ0) is 22.1. The van der Waals surface area contributed by atoms with Gasteiger partial charge in [-0.3, -0.25) is 9.59 Å². The van der Waals surface area contributed by atoms with Gasteiger partial charge in [0.2, 0.25) is 5.91 Å². The smallest absolute Gasteiger partial charge is 0.254 e. The minimum Gasteiger partial charge on any atom is -0.383 e. The topological polar surface area (TPSA) is 68.3 Å². The minimum atomic E-state index is -0.533. The molecule has 2 saturated heterocycles. The molecule has 32 heavy (non-hydrogen) atoms. The van der Waals surface area contributed by atoms with E-state index in [-0.39, 0.29) is 17.9 Å². The summed E-state index contributed by atoms with van der Waals surface area (Å²) in [6, 6.07) is 11.2. The first-order chi connectivity index (χ1) is 15.6. The second kappa shape index (κ2) is 8.94. The van der Waals surface area contributed by atoms with Gasteiger partial charge in [0.25, 0.3) is 5.91 Å². The van der Waals surface area contributed by atoms with Gasteiger partial charge in [0, 0.05) is 50.0 Å². The van der Waals surface area contributed by atoms with Crippen LogP contribution in [0.1, 0.15) is 45.6 Å². The van der Waals surface area contributed by atoms with Gasteiger partial charge in [0.1, 0.15) is 0 Å². The van der Waals surface area contributed by atoms with E-state index in [9.17, 15) is 9.59 Å². The zero-order valence-corrected chi connectivity index (χ0v) is 19.0. The third kappa shape index (κ3) is 3.75. The molecule has 0 radical (unpaired) electrons. The molecule has 170 valence electrons. The molecular weight excluding hydrogens is 428 g/mol. The minimum absolute atomic E-state index is 0.0505. The first-order valence-electron chi connectivity index (χ1n) is 11.1. The summed E-state index contributed by atoms with van der Waals surface area (Å²) >= 11 is 1.58. The molecule has 2 fully saturated rings. The maximum absolute atomic E-state index is 14.0. The van der Waals surface area contributed by atoms with Crippen molar-refractivity contribution in [2.24, 2.45) is 0 Å². The average Bonchev–Trinajstić information content (AvgIpc) is 3.51. The number of likely N-dealkylation sites (tertiary alicyclic amines) is 1. The molecule has 0 bridgehead atoms. The van der Waals surface area contributed by atoms with Crippen molar-refractivity contribution < 1.29 is 23.8 Å². The predicted molar refractivity (Wildman–Crippen MR) is 120 cm³/mol. The van der Waals surface area contributed by atoms with Gasteiger partial charge in [-0.2, -0.15) is 0 Å². The van der Waals surface area contributed by atoms with Gasteiger partial charge in [-0.1, -0.05) is 24.3 Å². The SMILES string of the molecule is COCCN1C(=O)c2ccccc2[C@@H](C(=O)N2CCC3(CC2)OCCO3)[C@@H]1c1cccs1. The van der Waals surface area contributed by atoms with Gasteiger partial charge in [0.05, 0.1) is 31.8 Å². The van der Waals surface area contributed by atoms with E-state index in [2.05, 4.69) is 0 Å². The van der Waals surface area contributed by atoms with Gasteiger partial charge >= 0.3 is 0 Å². The number of carbonyl (C=O) groups is 2. The van der Waals surface area contributed by atoms with Gasteiger partial charge in [-0.25, -0.2) is 0 Å². The fourth-order valence-corrected chi connectivity index (χ4v) is 5.99. The Morgan fingerprint density at radius 3 is 2.59 bits per heavy atom. The quantitative estimate of drug-likeness (QED) is 0.692. The fraction of sp³-hybridized carbons (Fsp3) is 0.500. The Balaban J connectivity index is 1.50. The van der Waals surface area contributed by atoms with Crippen LogP contribution in [0.15, 0.2) is 41.8 Å². The predicted octanol–water partition coefficient (Wildman–Crippen LogP) is 3.04. The third-order valence-corrected chi connectivity index (χ3v) is 7.67. The van der Waals surface area contributed by atoms with E-state index in [4.69, 9.17) is 14.2 Å². The summed E-state index contributed by atoms with van der Waals surface area (Å²) in [5, 5.41) is 2.00. The maximum atomic E-state index is 14.0. The molecule has 1 aromatic heterocycles. The average molecular weight is 457 g/mol. The Morgan fingerprint density at radius 1 is 1.16 bits per heavy atom. The van der Waals surface area contributed by atoms with E-state index in [0.29, 0.717) is 57.9 Å². The number of thiophene rings is 1.